The molecule has 3 N–H and O–H groups in total. The molecule has 2 heterocycles. The Kier molecular flexibility index (Phi) is 2.95. The summed E-state index contributed by atoms with van der Waals surface area (Å²) in [4.78, 5) is 11.9. The zero-order valence-corrected chi connectivity index (χ0v) is 8.96. The van der Waals surface area contributed by atoms with Gasteiger partial charge in [0.2, 0.25) is 0 Å². The van der Waals surface area contributed by atoms with Crippen LogP contribution in [0, 0.1) is 0 Å². The van der Waals surface area contributed by atoms with Crippen LogP contribution < -0.4 is 11.1 Å². The average Bonchev–Trinajstić information content (AvgIpc) is 2.30. The van der Waals surface area contributed by atoms with E-state index in [0.29, 0.717) is 5.82 Å². The van der Waals surface area contributed by atoms with E-state index < -0.39 is 0 Å². The van der Waals surface area contributed by atoms with Gasteiger partial charge in [-0.15, -0.1) is 0 Å². The number of pyridine rings is 1. The lowest BCUT2D eigenvalue weighted by atomic mass is 10.1. The van der Waals surface area contributed by atoms with Crippen molar-refractivity contribution in [3.63, 3.8) is 0 Å². The molecule has 0 aromatic carbocycles. The lowest BCUT2D eigenvalue weighted by molar-refractivity contribution is 0.869. The standard InChI is InChI=1S/C11H13N5/c1-8(9-2-4-13-5-3-9)16-11-6-10(12)14-7-15-11/h2-8H,1H3,(H3,12,14,15,16). The smallest absolute Gasteiger partial charge is 0.131 e. The fourth-order valence-corrected chi connectivity index (χ4v) is 1.41. The molecule has 16 heavy (non-hydrogen) atoms. The predicted molar refractivity (Wildman–Crippen MR) is 62.7 cm³/mol. The number of aromatic nitrogens is 3. The van der Waals surface area contributed by atoms with E-state index in [4.69, 9.17) is 5.73 Å². The summed E-state index contributed by atoms with van der Waals surface area (Å²) in [6.45, 7) is 2.05. The molecule has 0 fully saturated rings. The highest BCUT2D eigenvalue weighted by Crippen LogP contribution is 2.16. The molecule has 0 bridgehead atoms. The van der Waals surface area contributed by atoms with Crippen LogP contribution in [0.15, 0.2) is 36.9 Å². The summed E-state index contributed by atoms with van der Waals surface area (Å²) in [6, 6.07) is 5.78. The molecule has 0 saturated heterocycles. The maximum absolute atomic E-state index is 5.57. The van der Waals surface area contributed by atoms with Crippen molar-refractivity contribution in [2.24, 2.45) is 0 Å². The first-order valence-corrected chi connectivity index (χ1v) is 4.99. The molecular weight excluding hydrogens is 202 g/mol. The monoisotopic (exact) mass is 215 g/mol. The average molecular weight is 215 g/mol. The highest BCUT2D eigenvalue weighted by Gasteiger charge is 2.05. The molecule has 0 aliphatic heterocycles. The van der Waals surface area contributed by atoms with Crippen LogP contribution in [0.4, 0.5) is 11.6 Å². The van der Waals surface area contributed by atoms with Crippen molar-refractivity contribution in [1.82, 2.24) is 15.0 Å². The summed E-state index contributed by atoms with van der Waals surface area (Å²) in [7, 11) is 0. The molecule has 1 unspecified atom stereocenters. The normalized spacial score (nSPS) is 12.1. The molecule has 0 aliphatic rings. The van der Waals surface area contributed by atoms with Gasteiger partial charge in [-0.2, -0.15) is 0 Å². The first-order valence-electron chi connectivity index (χ1n) is 4.99. The zero-order valence-electron chi connectivity index (χ0n) is 8.96. The summed E-state index contributed by atoms with van der Waals surface area (Å²) >= 11 is 0. The molecule has 5 heteroatoms. The molecular formula is C11H13N5. The van der Waals surface area contributed by atoms with Gasteiger partial charge in [-0.05, 0) is 24.6 Å². The molecule has 2 rings (SSSR count). The fourth-order valence-electron chi connectivity index (χ4n) is 1.41. The van der Waals surface area contributed by atoms with Crippen LogP contribution in [0.1, 0.15) is 18.5 Å². The molecule has 5 nitrogen and oxygen atoms in total. The Hall–Kier alpha value is -2.17. The molecule has 2 aromatic rings. The van der Waals surface area contributed by atoms with E-state index in [1.807, 2.05) is 19.1 Å². The van der Waals surface area contributed by atoms with Crippen molar-refractivity contribution >= 4 is 11.6 Å². The van der Waals surface area contributed by atoms with Crippen molar-refractivity contribution in [2.45, 2.75) is 13.0 Å². The maximum atomic E-state index is 5.57. The lowest BCUT2D eigenvalue weighted by Crippen LogP contribution is -2.08. The Morgan fingerprint density at radius 1 is 1.25 bits per heavy atom. The third-order valence-electron chi connectivity index (χ3n) is 2.26. The van der Waals surface area contributed by atoms with Crippen molar-refractivity contribution in [2.75, 3.05) is 11.1 Å². The minimum Gasteiger partial charge on any atom is -0.384 e. The zero-order chi connectivity index (χ0) is 11.4. The van der Waals surface area contributed by atoms with Gasteiger partial charge in [0.15, 0.2) is 0 Å². The van der Waals surface area contributed by atoms with Crippen molar-refractivity contribution in [3.8, 4) is 0 Å². The van der Waals surface area contributed by atoms with Gasteiger partial charge < -0.3 is 11.1 Å². The second-order valence-electron chi connectivity index (χ2n) is 3.47. The number of nitrogens with zero attached hydrogens (tertiary/aromatic N) is 3. The van der Waals surface area contributed by atoms with Crippen molar-refractivity contribution < 1.29 is 0 Å². The van der Waals surface area contributed by atoms with Gasteiger partial charge in [-0.1, -0.05) is 0 Å². The summed E-state index contributed by atoms with van der Waals surface area (Å²) in [5.41, 5.74) is 6.72. The molecule has 0 saturated carbocycles. The molecule has 1 atom stereocenters. The van der Waals surface area contributed by atoms with E-state index >= 15 is 0 Å². The Morgan fingerprint density at radius 2 is 2.00 bits per heavy atom. The highest BCUT2D eigenvalue weighted by molar-refractivity contribution is 5.44. The second kappa shape index (κ2) is 4.57. The Bertz CT molecular complexity index is 457. The Morgan fingerprint density at radius 3 is 2.69 bits per heavy atom. The fraction of sp³-hybridized carbons (Fsp3) is 0.182. The summed E-state index contributed by atoms with van der Waals surface area (Å²) < 4.78 is 0. The van der Waals surface area contributed by atoms with Gasteiger partial charge >= 0.3 is 0 Å². The Labute approximate surface area is 93.8 Å². The van der Waals surface area contributed by atoms with Crippen LogP contribution in [0.2, 0.25) is 0 Å². The van der Waals surface area contributed by atoms with Crippen LogP contribution >= 0.6 is 0 Å². The second-order valence-corrected chi connectivity index (χ2v) is 3.47. The van der Waals surface area contributed by atoms with Gasteiger partial charge in [-0.25, -0.2) is 9.97 Å². The molecule has 2 aromatic heterocycles. The number of nitrogen functional groups attached to an aromatic ring is 1. The summed E-state index contributed by atoms with van der Waals surface area (Å²) in [5.74, 6) is 1.18. The minimum absolute atomic E-state index is 0.150. The number of rotatable bonds is 3. The van der Waals surface area contributed by atoms with E-state index in [1.165, 1.54) is 6.33 Å². The third kappa shape index (κ3) is 2.44. The maximum Gasteiger partial charge on any atom is 0.131 e. The number of anilines is 2. The lowest BCUT2D eigenvalue weighted by Gasteiger charge is -2.14. The van der Waals surface area contributed by atoms with Gasteiger partial charge in [0, 0.05) is 18.5 Å². The topological polar surface area (TPSA) is 76.7 Å². The first kappa shape index (κ1) is 10.4. The van der Waals surface area contributed by atoms with Crippen molar-refractivity contribution in [3.05, 3.63) is 42.5 Å². The van der Waals surface area contributed by atoms with Gasteiger partial charge in [0.05, 0.1) is 6.04 Å². The molecule has 0 spiro atoms. The van der Waals surface area contributed by atoms with E-state index in [-0.39, 0.29) is 6.04 Å². The summed E-state index contributed by atoms with van der Waals surface area (Å²) in [5, 5.41) is 3.24. The van der Waals surface area contributed by atoms with Crippen LogP contribution in [0.3, 0.4) is 0 Å². The molecule has 0 amide bonds. The molecule has 82 valence electrons. The van der Waals surface area contributed by atoms with Gasteiger partial charge in [0.1, 0.15) is 18.0 Å². The molecule has 0 aliphatic carbocycles. The van der Waals surface area contributed by atoms with E-state index in [0.717, 1.165) is 11.4 Å². The largest absolute Gasteiger partial charge is 0.384 e. The van der Waals surface area contributed by atoms with E-state index in [9.17, 15) is 0 Å². The highest BCUT2D eigenvalue weighted by atomic mass is 15.0. The third-order valence-corrected chi connectivity index (χ3v) is 2.26. The van der Waals surface area contributed by atoms with Crippen LogP contribution in [-0.4, -0.2) is 15.0 Å². The number of nitrogens with one attached hydrogen (secondary N) is 1. The van der Waals surface area contributed by atoms with Gasteiger partial charge in [0.25, 0.3) is 0 Å². The van der Waals surface area contributed by atoms with Crippen LogP contribution in [0.25, 0.3) is 0 Å². The predicted octanol–water partition coefficient (Wildman–Crippen LogP) is 1.63. The Balaban J connectivity index is 2.11. The SMILES string of the molecule is CC(Nc1cc(N)ncn1)c1ccncc1. The quantitative estimate of drug-likeness (QED) is 0.813. The van der Waals surface area contributed by atoms with Gasteiger partial charge in [-0.3, -0.25) is 4.98 Å². The first-order chi connectivity index (χ1) is 7.75. The van der Waals surface area contributed by atoms with Crippen molar-refractivity contribution in [1.29, 1.82) is 0 Å². The number of hydrogen-bond acceptors (Lipinski definition) is 5. The number of nitrogens with two attached hydrogens (primary N) is 1. The summed E-state index contributed by atoms with van der Waals surface area (Å²) in [6.07, 6.45) is 4.97. The van der Waals surface area contributed by atoms with E-state index in [1.54, 1.807) is 18.5 Å². The van der Waals surface area contributed by atoms with E-state index in [2.05, 4.69) is 20.3 Å². The molecule has 0 radical (unpaired) electrons. The van der Waals surface area contributed by atoms with Crippen LogP contribution in [0.5, 0.6) is 0 Å². The number of hydrogen-bond donors (Lipinski definition) is 2. The van der Waals surface area contributed by atoms with Crippen LogP contribution in [-0.2, 0) is 0 Å². The minimum atomic E-state index is 0.150.